The van der Waals surface area contributed by atoms with Crippen LogP contribution in [0.5, 0.6) is 5.75 Å². The minimum atomic E-state index is -0.959. The number of ether oxygens (including phenoxy) is 1. The van der Waals surface area contributed by atoms with Gasteiger partial charge in [-0.15, -0.1) is 0 Å². The Bertz CT molecular complexity index is 1030. The van der Waals surface area contributed by atoms with Crippen LogP contribution in [-0.2, 0) is 17.6 Å². The van der Waals surface area contributed by atoms with E-state index in [2.05, 4.69) is 29.4 Å². The first-order chi connectivity index (χ1) is 16.2. The number of carbonyl (C=O) groups is 2. The van der Waals surface area contributed by atoms with Crippen molar-refractivity contribution in [3.05, 3.63) is 35.5 Å². The van der Waals surface area contributed by atoms with Gasteiger partial charge in [0.25, 0.3) is 0 Å². The molecule has 2 heterocycles. The molecular formula is C25H33N3O4S2. The van der Waals surface area contributed by atoms with E-state index < -0.39 is 10.7 Å². The minimum Gasteiger partial charge on any atom is -0.493 e. The molecule has 0 atom stereocenters. The highest BCUT2D eigenvalue weighted by Gasteiger charge is 2.31. The van der Waals surface area contributed by atoms with Crippen molar-refractivity contribution in [3.8, 4) is 5.75 Å². The van der Waals surface area contributed by atoms with E-state index >= 15 is 0 Å². The summed E-state index contributed by atoms with van der Waals surface area (Å²) in [5.41, 5.74) is 2.46. The van der Waals surface area contributed by atoms with Crippen molar-refractivity contribution in [2.24, 2.45) is 5.92 Å². The van der Waals surface area contributed by atoms with Gasteiger partial charge in [0.15, 0.2) is 5.13 Å². The number of rotatable bonds is 8. The predicted octanol–water partition coefficient (Wildman–Crippen LogP) is 5.69. The van der Waals surface area contributed by atoms with Crippen LogP contribution in [0.2, 0.25) is 0 Å². The molecule has 2 aromatic rings. The molecule has 0 saturated heterocycles. The van der Waals surface area contributed by atoms with Crippen LogP contribution < -0.4 is 10.1 Å². The van der Waals surface area contributed by atoms with Gasteiger partial charge in [0.05, 0.1) is 17.0 Å². The Kier molecular flexibility index (Phi) is 7.72. The summed E-state index contributed by atoms with van der Waals surface area (Å²) >= 11 is 2.55. The number of carbonyl (C=O) groups excluding carboxylic acids is 1. The second-order valence-corrected chi connectivity index (χ2v) is 12.7. The number of nitrogens with zero attached hydrogens (tertiary/aromatic N) is 2. The van der Waals surface area contributed by atoms with Crippen LogP contribution in [0.3, 0.4) is 0 Å². The smallest absolute Gasteiger partial charge is 0.323 e. The molecule has 1 saturated carbocycles. The second kappa shape index (κ2) is 10.6. The number of urea groups is 1. The lowest BCUT2D eigenvalue weighted by Crippen LogP contribution is -2.45. The number of carboxylic acids is 1. The lowest BCUT2D eigenvalue weighted by molar-refractivity contribution is -0.138. The van der Waals surface area contributed by atoms with Gasteiger partial charge in [0.2, 0.25) is 0 Å². The standard InChI is InChI=1S/C25H33N3O4S2/c1-16-4-7-19(8-5-16)28(12-10-17-6-9-20-18(14-17)11-13-32-20)24(31)27-23-26-15-21(33-23)34-25(2,3)22(29)30/h6,9,14-16,19H,4-5,7-8,10-13H2,1-3H3,(H,29,30)(H,26,27,31). The van der Waals surface area contributed by atoms with Crippen molar-refractivity contribution in [2.75, 3.05) is 18.5 Å². The van der Waals surface area contributed by atoms with Gasteiger partial charge in [-0.25, -0.2) is 9.78 Å². The average Bonchev–Trinajstić information content (AvgIpc) is 3.43. The van der Waals surface area contributed by atoms with E-state index in [1.54, 1.807) is 20.0 Å². The Labute approximate surface area is 209 Å². The molecule has 7 nitrogen and oxygen atoms in total. The lowest BCUT2D eigenvalue weighted by atomic mass is 9.86. The van der Waals surface area contributed by atoms with Crippen molar-refractivity contribution in [3.63, 3.8) is 0 Å². The van der Waals surface area contributed by atoms with Crippen LogP contribution in [0.15, 0.2) is 28.6 Å². The van der Waals surface area contributed by atoms with Crippen LogP contribution in [0, 0.1) is 5.92 Å². The maximum atomic E-state index is 13.4. The van der Waals surface area contributed by atoms with Gasteiger partial charge in [-0.3, -0.25) is 10.1 Å². The SMILES string of the molecule is CC1CCC(N(CCc2ccc3c(c2)CCO3)C(=O)Nc2ncc(SC(C)(C)C(=O)O)s2)CC1. The Balaban J connectivity index is 1.43. The summed E-state index contributed by atoms with van der Waals surface area (Å²) in [5, 5.41) is 12.9. The van der Waals surface area contributed by atoms with Crippen LogP contribution in [0.4, 0.5) is 9.93 Å². The number of hydrogen-bond donors (Lipinski definition) is 2. The molecule has 34 heavy (non-hydrogen) atoms. The first-order valence-corrected chi connectivity index (χ1v) is 13.5. The molecule has 0 bridgehead atoms. The average molecular weight is 504 g/mol. The molecule has 2 aliphatic rings. The Hall–Kier alpha value is -2.26. The van der Waals surface area contributed by atoms with Gasteiger partial charge >= 0.3 is 12.0 Å². The highest BCUT2D eigenvalue weighted by Crippen LogP contribution is 2.38. The largest absolute Gasteiger partial charge is 0.493 e. The van der Waals surface area contributed by atoms with E-state index in [9.17, 15) is 14.7 Å². The van der Waals surface area contributed by atoms with E-state index in [-0.39, 0.29) is 12.1 Å². The molecule has 1 aliphatic heterocycles. The summed E-state index contributed by atoms with van der Waals surface area (Å²) in [4.78, 5) is 31.1. The predicted molar refractivity (Wildman–Crippen MR) is 136 cm³/mol. The summed E-state index contributed by atoms with van der Waals surface area (Å²) in [6.07, 6.45) is 7.65. The number of benzene rings is 1. The van der Waals surface area contributed by atoms with Gasteiger partial charge in [-0.05, 0) is 69.1 Å². The molecule has 184 valence electrons. The molecule has 0 spiro atoms. The molecule has 2 amide bonds. The number of amides is 2. The number of aromatic nitrogens is 1. The Morgan fingerprint density at radius 3 is 2.79 bits per heavy atom. The molecule has 1 aromatic carbocycles. The second-order valence-electron chi connectivity index (χ2n) is 9.73. The lowest BCUT2D eigenvalue weighted by Gasteiger charge is -2.36. The maximum Gasteiger partial charge on any atom is 0.323 e. The fourth-order valence-corrected chi connectivity index (χ4v) is 6.74. The number of anilines is 1. The summed E-state index contributed by atoms with van der Waals surface area (Å²) in [6, 6.07) is 6.42. The number of thiazole rings is 1. The molecule has 4 rings (SSSR count). The zero-order valence-corrected chi connectivity index (χ0v) is 21.6. The van der Waals surface area contributed by atoms with Gasteiger partial charge < -0.3 is 14.7 Å². The third kappa shape index (κ3) is 6.05. The van der Waals surface area contributed by atoms with Crippen molar-refractivity contribution < 1.29 is 19.4 Å². The summed E-state index contributed by atoms with van der Waals surface area (Å²) in [6.45, 7) is 6.99. The molecule has 1 fully saturated rings. The fourth-order valence-electron chi connectivity index (χ4n) is 4.47. The summed E-state index contributed by atoms with van der Waals surface area (Å²) in [5.74, 6) is 0.796. The normalized spacial score (nSPS) is 19.9. The molecule has 0 radical (unpaired) electrons. The van der Waals surface area contributed by atoms with Gasteiger partial charge in [0, 0.05) is 19.0 Å². The monoisotopic (exact) mass is 503 g/mol. The van der Waals surface area contributed by atoms with Crippen LogP contribution in [0.25, 0.3) is 0 Å². The van der Waals surface area contributed by atoms with E-state index in [1.807, 2.05) is 11.0 Å². The fraction of sp³-hybridized carbons (Fsp3) is 0.560. The maximum absolute atomic E-state index is 13.4. The molecule has 1 aliphatic carbocycles. The molecule has 2 N–H and O–H groups in total. The first-order valence-electron chi connectivity index (χ1n) is 11.9. The van der Waals surface area contributed by atoms with Crippen molar-refractivity contribution in [2.45, 2.75) is 74.3 Å². The Morgan fingerprint density at radius 2 is 2.06 bits per heavy atom. The topological polar surface area (TPSA) is 91.8 Å². The van der Waals surface area contributed by atoms with Crippen LogP contribution in [0.1, 0.15) is 57.6 Å². The number of thioether (sulfide) groups is 1. The minimum absolute atomic E-state index is 0.132. The number of nitrogens with one attached hydrogen (secondary N) is 1. The highest BCUT2D eigenvalue weighted by atomic mass is 32.2. The number of aliphatic carboxylic acids is 1. The molecule has 1 aromatic heterocycles. The van der Waals surface area contributed by atoms with Gasteiger partial charge in [-0.1, -0.05) is 42.2 Å². The van der Waals surface area contributed by atoms with Crippen molar-refractivity contribution in [1.82, 2.24) is 9.88 Å². The van der Waals surface area contributed by atoms with Crippen LogP contribution >= 0.6 is 23.1 Å². The molecule has 9 heteroatoms. The van der Waals surface area contributed by atoms with E-state index in [1.165, 1.54) is 34.2 Å². The summed E-state index contributed by atoms with van der Waals surface area (Å²) in [7, 11) is 0. The zero-order valence-electron chi connectivity index (χ0n) is 20.0. The van der Waals surface area contributed by atoms with Crippen molar-refractivity contribution >= 4 is 40.2 Å². The summed E-state index contributed by atoms with van der Waals surface area (Å²) < 4.78 is 5.43. The zero-order chi connectivity index (χ0) is 24.3. The quantitative estimate of drug-likeness (QED) is 0.450. The number of fused-ring (bicyclic) bond motifs is 1. The first kappa shape index (κ1) is 24.9. The van der Waals surface area contributed by atoms with Gasteiger partial charge in [0.1, 0.15) is 10.5 Å². The van der Waals surface area contributed by atoms with Gasteiger partial charge in [-0.2, -0.15) is 0 Å². The highest BCUT2D eigenvalue weighted by molar-refractivity contribution is 8.03. The van der Waals surface area contributed by atoms with Crippen LogP contribution in [-0.4, -0.2) is 50.9 Å². The number of hydrogen-bond acceptors (Lipinski definition) is 6. The third-order valence-corrected chi connectivity index (χ3v) is 8.85. The van der Waals surface area contributed by atoms with Crippen molar-refractivity contribution in [1.29, 1.82) is 0 Å². The van der Waals surface area contributed by atoms with E-state index in [0.29, 0.717) is 17.6 Å². The third-order valence-electron chi connectivity index (χ3n) is 6.65. The molecular weight excluding hydrogens is 470 g/mol. The number of carboxylic acid groups (broad SMARTS) is 1. The van der Waals surface area contributed by atoms with E-state index in [0.717, 1.165) is 55.1 Å². The molecule has 0 unspecified atom stereocenters. The Morgan fingerprint density at radius 1 is 1.29 bits per heavy atom. The van der Waals surface area contributed by atoms with E-state index in [4.69, 9.17) is 4.74 Å².